The number of hydrogen-bond donors (Lipinski definition) is 1. The maximum Gasteiger partial charge on any atom is 0.229 e. The first-order valence-corrected chi connectivity index (χ1v) is 7.66. The summed E-state index contributed by atoms with van der Waals surface area (Å²) in [5.74, 6) is -0.174. The van der Waals surface area contributed by atoms with Crippen LogP contribution in [-0.4, -0.2) is 29.8 Å². The summed E-state index contributed by atoms with van der Waals surface area (Å²) >= 11 is 0. The van der Waals surface area contributed by atoms with Crippen molar-refractivity contribution in [3.05, 3.63) is 29.3 Å². The Morgan fingerprint density at radius 2 is 1.95 bits per heavy atom. The summed E-state index contributed by atoms with van der Waals surface area (Å²) in [4.78, 5) is 26.0. The molecule has 0 saturated carbocycles. The molecule has 0 bridgehead atoms. The van der Waals surface area contributed by atoms with Gasteiger partial charge in [0.1, 0.15) is 0 Å². The molecule has 114 valence electrons. The molecule has 4 heteroatoms. The quantitative estimate of drug-likeness (QED) is 0.905. The van der Waals surface area contributed by atoms with Gasteiger partial charge in [0.15, 0.2) is 0 Å². The molecule has 1 aromatic carbocycles. The molecule has 4 nitrogen and oxygen atoms in total. The highest BCUT2D eigenvalue weighted by Crippen LogP contribution is 2.21. The minimum absolute atomic E-state index is 0.0488. The normalized spacial score (nSPS) is 18.1. The lowest BCUT2D eigenvalue weighted by atomic mass is 10.1. The van der Waals surface area contributed by atoms with E-state index in [2.05, 4.69) is 18.3 Å². The molecule has 0 aliphatic carbocycles. The van der Waals surface area contributed by atoms with E-state index < -0.39 is 0 Å². The van der Waals surface area contributed by atoms with Crippen LogP contribution < -0.4 is 5.32 Å². The van der Waals surface area contributed by atoms with Gasteiger partial charge in [0, 0.05) is 25.2 Å². The van der Waals surface area contributed by atoms with E-state index in [4.69, 9.17) is 0 Å². The van der Waals surface area contributed by atoms with Crippen molar-refractivity contribution in [2.75, 3.05) is 18.4 Å². The molecular weight excluding hydrogens is 264 g/mol. The number of amides is 2. The standard InChI is InChI=1S/C17H24N2O2/c1-4-5-6-19-11-14(10-16(19)20)17(21)18-15-8-12(2)7-13(3)9-15/h7-9,14H,4-6,10-11H2,1-3H3,(H,18,21)/t14-/m0/s1. The highest BCUT2D eigenvalue weighted by molar-refractivity contribution is 5.97. The minimum Gasteiger partial charge on any atom is -0.342 e. The summed E-state index contributed by atoms with van der Waals surface area (Å²) < 4.78 is 0. The van der Waals surface area contributed by atoms with Gasteiger partial charge in [0.25, 0.3) is 0 Å². The molecule has 2 amide bonds. The largest absolute Gasteiger partial charge is 0.342 e. The fourth-order valence-electron chi connectivity index (χ4n) is 2.80. The lowest BCUT2D eigenvalue weighted by molar-refractivity contribution is -0.128. The third-order valence-electron chi connectivity index (χ3n) is 3.86. The van der Waals surface area contributed by atoms with E-state index in [0.29, 0.717) is 13.0 Å². The van der Waals surface area contributed by atoms with Crippen molar-refractivity contribution in [1.82, 2.24) is 4.90 Å². The van der Waals surface area contributed by atoms with Crippen LogP contribution >= 0.6 is 0 Å². The number of hydrogen-bond acceptors (Lipinski definition) is 2. The number of benzene rings is 1. The van der Waals surface area contributed by atoms with Crippen LogP contribution in [0.2, 0.25) is 0 Å². The third kappa shape index (κ3) is 4.06. The van der Waals surface area contributed by atoms with Crippen molar-refractivity contribution < 1.29 is 9.59 Å². The third-order valence-corrected chi connectivity index (χ3v) is 3.86. The summed E-state index contributed by atoms with van der Waals surface area (Å²) in [5, 5.41) is 2.94. The number of rotatable bonds is 5. The van der Waals surface area contributed by atoms with Crippen LogP contribution in [0, 0.1) is 19.8 Å². The number of carbonyl (C=O) groups excluding carboxylic acids is 2. The molecule has 1 aliphatic heterocycles. The summed E-state index contributed by atoms with van der Waals surface area (Å²) in [5.41, 5.74) is 3.06. The molecule has 1 heterocycles. The average Bonchev–Trinajstić information content (AvgIpc) is 2.76. The van der Waals surface area contributed by atoms with E-state index in [1.807, 2.05) is 30.9 Å². The Morgan fingerprint density at radius 1 is 1.29 bits per heavy atom. The Kier molecular flexibility index (Phi) is 4.99. The van der Waals surface area contributed by atoms with Gasteiger partial charge in [-0.05, 0) is 43.5 Å². The van der Waals surface area contributed by atoms with Gasteiger partial charge in [0.05, 0.1) is 5.92 Å². The molecule has 1 aliphatic rings. The number of unbranched alkanes of at least 4 members (excludes halogenated alkanes) is 1. The molecular formula is C17H24N2O2. The van der Waals surface area contributed by atoms with Gasteiger partial charge in [-0.25, -0.2) is 0 Å². The monoisotopic (exact) mass is 288 g/mol. The topological polar surface area (TPSA) is 49.4 Å². The van der Waals surface area contributed by atoms with Gasteiger partial charge in [-0.3, -0.25) is 9.59 Å². The highest BCUT2D eigenvalue weighted by Gasteiger charge is 2.33. The molecule has 21 heavy (non-hydrogen) atoms. The minimum atomic E-state index is -0.227. The molecule has 1 N–H and O–H groups in total. The number of carbonyl (C=O) groups is 2. The molecule has 2 rings (SSSR count). The highest BCUT2D eigenvalue weighted by atomic mass is 16.2. The summed E-state index contributed by atoms with van der Waals surface area (Å²) in [6.07, 6.45) is 2.39. The lowest BCUT2D eigenvalue weighted by Crippen LogP contribution is -2.29. The van der Waals surface area contributed by atoms with Crippen LogP contribution in [0.4, 0.5) is 5.69 Å². The maximum absolute atomic E-state index is 12.3. The van der Waals surface area contributed by atoms with Gasteiger partial charge in [0.2, 0.25) is 11.8 Å². The first-order chi connectivity index (χ1) is 9.99. The second-order valence-corrected chi connectivity index (χ2v) is 5.96. The van der Waals surface area contributed by atoms with Crippen molar-refractivity contribution in [2.45, 2.75) is 40.0 Å². The predicted molar refractivity (Wildman–Crippen MR) is 84.1 cm³/mol. The predicted octanol–water partition coefficient (Wildman–Crippen LogP) is 2.89. The van der Waals surface area contributed by atoms with E-state index in [0.717, 1.165) is 36.2 Å². The van der Waals surface area contributed by atoms with Gasteiger partial charge >= 0.3 is 0 Å². The van der Waals surface area contributed by atoms with Crippen molar-refractivity contribution in [1.29, 1.82) is 0 Å². The Bertz CT molecular complexity index is 519. The fraction of sp³-hybridized carbons (Fsp3) is 0.529. The zero-order chi connectivity index (χ0) is 15.4. The Balaban J connectivity index is 1.96. The molecule has 0 aromatic heterocycles. The van der Waals surface area contributed by atoms with Gasteiger partial charge in [-0.15, -0.1) is 0 Å². The molecule has 0 radical (unpaired) electrons. The Labute approximate surface area is 126 Å². The van der Waals surface area contributed by atoms with Crippen LogP contribution in [0.25, 0.3) is 0 Å². The van der Waals surface area contributed by atoms with Crippen LogP contribution in [0.3, 0.4) is 0 Å². The van der Waals surface area contributed by atoms with Crippen molar-refractivity contribution in [2.24, 2.45) is 5.92 Å². The summed E-state index contributed by atoms with van der Waals surface area (Å²) in [6.45, 7) is 7.44. The zero-order valence-electron chi connectivity index (χ0n) is 13.1. The molecule has 1 saturated heterocycles. The number of aryl methyl sites for hydroxylation is 2. The van der Waals surface area contributed by atoms with Crippen molar-refractivity contribution in [3.8, 4) is 0 Å². The number of nitrogens with zero attached hydrogens (tertiary/aromatic N) is 1. The number of anilines is 1. The van der Waals surface area contributed by atoms with Crippen LogP contribution in [0.5, 0.6) is 0 Å². The summed E-state index contributed by atoms with van der Waals surface area (Å²) in [7, 11) is 0. The van der Waals surface area contributed by atoms with Crippen molar-refractivity contribution in [3.63, 3.8) is 0 Å². The molecule has 0 unspecified atom stereocenters. The van der Waals surface area contributed by atoms with E-state index in [1.54, 1.807) is 0 Å². The average molecular weight is 288 g/mol. The maximum atomic E-state index is 12.3. The zero-order valence-corrected chi connectivity index (χ0v) is 13.1. The second-order valence-electron chi connectivity index (χ2n) is 5.96. The van der Waals surface area contributed by atoms with Gasteiger partial charge in [-0.2, -0.15) is 0 Å². The Morgan fingerprint density at radius 3 is 2.57 bits per heavy atom. The SMILES string of the molecule is CCCCN1C[C@@H](C(=O)Nc2cc(C)cc(C)c2)CC1=O. The van der Waals surface area contributed by atoms with Crippen LogP contribution in [-0.2, 0) is 9.59 Å². The molecule has 0 spiro atoms. The summed E-state index contributed by atoms with van der Waals surface area (Å²) in [6, 6.07) is 5.98. The van der Waals surface area contributed by atoms with E-state index in [9.17, 15) is 9.59 Å². The Hall–Kier alpha value is -1.84. The van der Waals surface area contributed by atoms with Crippen LogP contribution in [0.1, 0.15) is 37.3 Å². The van der Waals surface area contributed by atoms with Crippen molar-refractivity contribution >= 4 is 17.5 Å². The smallest absolute Gasteiger partial charge is 0.229 e. The van der Waals surface area contributed by atoms with E-state index in [-0.39, 0.29) is 17.7 Å². The number of nitrogens with one attached hydrogen (secondary N) is 1. The lowest BCUT2D eigenvalue weighted by Gasteiger charge is -2.16. The molecule has 1 atom stereocenters. The fourth-order valence-corrected chi connectivity index (χ4v) is 2.80. The van der Waals surface area contributed by atoms with E-state index in [1.165, 1.54) is 0 Å². The van der Waals surface area contributed by atoms with Crippen LogP contribution in [0.15, 0.2) is 18.2 Å². The van der Waals surface area contributed by atoms with Gasteiger partial charge in [-0.1, -0.05) is 19.4 Å². The molecule has 1 fully saturated rings. The first-order valence-electron chi connectivity index (χ1n) is 7.66. The second kappa shape index (κ2) is 6.74. The first kappa shape index (κ1) is 15.5. The van der Waals surface area contributed by atoms with E-state index >= 15 is 0 Å². The van der Waals surface area contributed by atoms with Gasteiger partial charge < -0.3 is 10.2 Å². The molecule has 1 aromatic rings. The number of likely N-dealkylation sites (tertiary alicyclic amines) is 1.